The van der Waals surface area contributed by atoms with E-state index in [0.29, 0.717) is 17.2 Å². The summed E-state index contributed by atoms with van der Waals surface area (Å²) >= 11 is 0. The Bertz CT molecular complexity index is 1290. The van der Waals surface area contributed by atoms with Gasteiger partial charge in [-0.05, 0) is 59.9 Å². The van der Waals surface area contributed by atoms with Crippen LogP contribution in [0.1, 0.15) is 22.6 Å². The van der Waals surface area contributed by atoms with Gasteiger partial charge in [0, 0.05) is 18.2 Å². The number of oxazole rings is 1. The predicted molar refractivity (Wildman–Crippen MR) is 119 cm³/mol. The third-order valence-corrected chi connectivity index (χ3v) is 6.32. The SMILES string of the molecule is Cc1cc(-c2coc(Cc3ccccc3)n2)c(C)cc1-c1ccc(S(C)(=O)=O)cc1. The molecule has 0 saturated carbocycles. The molecule has 152 valence electrons. The lowest BCUT2D eigenvalue weighted by Gasteiger charge is -2.11. The second kappa shape index (κ2) is 7.92. The van der Waals surface area contributed by atoms with Crippen LogP contribution in [0.5, 0.6) is 0 Å². The molecule has 0 spiro atoms. The number of sulfone groups is 1. The molecule has 5 heteroatoms. The maximum Gasteiger partial charge on any atom is 0.198 e. The van der Waals surface area contributed by atoms with Crippen LogP contribution in [0, 0.1) is 13.8 Å². The molecule has 0 unspecified atom stereocenters. The fourth-order valence-corrected chi connectivity index (χ4v) is 4.20. The molecular weight excluding hydrogens is 394 g/mol. The number of hydrogen-bond acceptors (Lipinski definition) is 4. The summed E-state index contributed by atoms with van der Waals surface area (Å²) in [6.45, 7) is 4.10. The van der Waals surface area contributed by atoms with Crippen LogP contribution in [-0.2, 0) is 16.3 Å². The Hall–Kier alpha value is -3.18. The summed E-state index contributed by atoms with van der Waals surface area (Å²) < 4.78 is 29.1. The maximum absolute atomic E-state index is 11.7. The first-order valence-corrected chi connectivity index (χ1v) is 11.6. The molecule has 0 saturated heterocycles. The zero-order valence-electron chi connectivity index (χ0n) is 17.2. The second-order valence-corrected chi connectivity index (χ2v) is 9.58. The van der Waals surface area contributed by atoms with Crippen LogP contribution in [0.4, 0.5) is 0 Å². The average Bonchev–Trinajstić information content (AvgIpc) is 3.18. The molecule has 4 aromatic rings. The Kier molecular flexibility index (Phi) is 5.31. The fraction of sp³-hybridized carbons (Fsp3) is 0.160. The van der Waals surface area contributed by atoms with Gasteiger partial charge in [-0.2, -0.15) is 0 Å². The minimum atomic E-state index is -3.20. The highest BCUT2D eigenvalue weighted by Gasteiger charge is 2.13. The van der Waals surface area contributed by atoms with Crippen LogP contribution in [0.15, 0.2) is 82.3 Å². The van der Waals surface area contributed by atoms with Crippen LogP contribution in [0.25, 0.3) is 22.4 Å². The molecule has 0 bridgehead atoms. The molecule has 3 aromatic carbocycles. The zero-order chi connectivity index (χ0) is 21.3. The van der Waals surface area contributed by atoms with E-state index in [9.17, 15) is 8.42 Å². The van der Waals surface area contributed by atoms with Crippen LogP contribution in [0.2, 0.25) is 0 Å². The van der Waals surface area contributed by atoms with Gasteiger partial charge in [0.25, 0.3) is 0 Å². The fourth-order valence-electron chi connectivity index (χ4n) is 3.57. The summed E-state index contributed by atoms with van der Waals surface area (Å²) in [5.41, 5.74) is 7.25. The van der Waals surface area contributed by atoms with E-state index < -0.39 is 9.84 Å². The molecule has 0 aliphatic rings. The van der Waals surface area contributed by atoms with Gasteiger partial charge in [0.15, 0.2) is 15.7 Å². The van der Waals surface area contributed by atoms with Crippen molar-refractivity contribution in [3.8, 4) is 22.4 Å². The van der Waals surface area contributed by atoms with Gasteiger partial charge in [-0.25, -0.2) is 13.4 Å². The predicted octanol–water partition coefficient (Wildman–Crippen LogP) is 5.62. The highest BCUT2D eigenvalue weighted by molar-refractivity contribution is 7.90. The highest BCUT2D eigenvalue weighted by Crippen LogP contribution is 2.32. The van der Waals surface area contributed by atoms with Crippen LogP contribution < -0.4 is 0 Å². The number of aryl methyl sites for hydroxylation is 2. The smallest absolute Gasteiger partial charge is 0.198 e. The molecule has 0 radical (unpaired) electrons. The largest absolute Gasteiger partial charge is 0.448 e. The van der Waals surface area contributed by atoms with Gasteiger partial charge in [0.05, 0.1) is 4.90 Å². The topological polar surface area (TPSA) is 60.2 Å². The van der Waals surface area contributed by atoms with Crippen molar-refractivity contribution in [2.75, 3.05) is 6.26 Å². The number of aromatic nitrogens is 1. The van der Waals surface area contributed by atoms with Crippen LogP contribution >= 0.6 is 0 Å². The number of nitrogens with zero attached hydrogens (tertiary/aromatic N) is 1. The third kappa shape index (κ3) is 4.21. The van der Waals surface area contributed by atoms with E-state index in [-0.39, 0.29) is 0 Å². The van der Waals surface area contributed by atoms with Crippen molar-refractivity contribution in [2.24, 2.45) is 0 Å². The van der Waals surface area contributed by atoms with Crippen molar-refractivity contribution < 1.29 is 12.8 Å². The van der Waals surface area contributed by atoms with E-state index in [2.05, 4.69) is 36.2 Å². The Morgan fingerprint density at radius 3 is 2.17 bits per heavy atom. The monoisotopic (exact) mass is 417 g/mol. The summed E-state index contributed by atoms with van der Waals surface area (Å²) in [5.74, 6) is 0.689. The first-order valence-electron chi connectivity index (χ1n) is 9.72. The maximum atomic E-state index is 11.7. The van der Waals surface area contributed by atoms with Gasteiger partial charge in [0.1, 0.15) is 12.0 Å². The lowest BCUT2D eigenvalue weighted by atomic mass is 9.94. The van der Waals surface area contributed by atoms with Crippen molar-refractivity contribution in [3.63, 3.8) is 0 Å². The molecule has 4 nitrogen and oxygen atoms in total. The summed E-state index contributed by atoms with van der Waals surface area (Å²) in [4.78, 5) is 5.01. The number of benzene rings is 3. The van der Waals surface area contributed by atoms with E-state index in [1.807, 2.05) is 37.3 Å². The van der Waals surface area contributed by atoms with E-state index in [0.717, 1.165) is 39.1 Å². The van der Waals surface area contributed by atoms with Gasteiger partial charge < -0.3 is 4.42 Å². The zero-order valence-corrected chi connectivity index (χ0v) is 18.0. The molecule has 0 amide bonds. The van der Waals surface area contributed by atoms with Crippen molar-refractivity contribution in [1.29, 1.82) is 0 Å². The summed E-state index contributed by atoms with van der Waals surface area (Å²) in [7, 11) is -3.20. The van der Waals surface area contributed by atoms with Crippen LogP contribution in [-0.4, -0.2) is 19.7 Å². The quantitative estimate of drug-likeness (QED) is 0.423. The van der Waals surface area contributed by atoms with Crippen molar-refractivity contribution >= 4 is 9.84 Å². The van der Waals surface area contributed by atoms with E-state index in [1.165, 1.54) is 6.26 Å². The summed E-state index contributed by atoms with van der Waals surface area (Å²) in [6, 6.07) is 21.4. The molecular formula is C25H23NO3S. The molecule has 30 heavy (non-hydrogen) atoms. The number of hydrogen-bond donors (Lipinski definition) is 0. The first-order chi connectivity index (χ1) is 14.3. The Morgan fingerprint density at radius 1 is 0.867 bits per heavy atom. The minimum absolute atomic E-state index is 0.325. The van der Waals surface area contributed by atoms with Crippen molar-refractivity contribution in [1.82, 2.24) is 4.98 Å². The molecule has 0 aliphatic heterocycles. The molecule has 0 fully saturated rings. The third-order valence-electron chi connectivity index (χ3n) is 5.19. The van der Waals surface area contributed by atoms with Gasteiger partial charge in [0.2, 0.25) is 0 Å². The second-order valence-electron chi connectivity index (χ2n) is 7.57. The molecule has 0 atom stereocenters. The van der Waals surface area contributed by atoms with E-state index in [1.54, 1.807) is 18.4 Å². The lowest BCUT2D eigenvalue weighted by Crippen LogP contribution is -1.96. The summed E-state index contributed by atoms with van der Waals surface area (Å²) in [6.07, 6.45) is 3.58. The normalized spacial score (nSPS) is 11.6. The van der Waals surface area contributed by atoms with E-state index >= 15 is 0 Å². The molecule has 0 N–H and O–H groups in total. The standard InChI is InChI=1S/C25H23NO3S/c1-17-14-23(24-16-29-25(26-24)15-19-7-5-4-6-8-19)18(2)13-22(17)20-9-11-21(12-10-20)30(3,27)28/h4-14,16H,15H2,1-3H3. The number of rotatable bonds is 5. The molecule has 1 heterocycles. The average molecular weight is 418 g/mol. The van der Waals surface area contributed by atoms with Crippen molar-refractivity contribution in [2.45, 2.75) is 25.2 Å². The Morgan fingerprint density at radius 2 is 1.50 bits per heavy atom. The van der Waals surface area contributed by atoms with Gasteiger partial charge >= 0.3 is 0 Å². The Labute approximate surface area is 177 Å². The van der Waals surface area contributed by atoms with Crippen LogP contribution in [0.3, 0.4) is 0 Å². The molecule has 4 rings (SSSR count). The van der Waals surface area contributed by atoms with Gasteiger partial charge in [-0.1, -0.05) is 48.5 Å². The molecule has 1 aromatic heterocycles. The molecule has 0 aliphatic carbocycles. The minimum Gasteiger partial charge on any atom is -0.448 e. The lowest BCUT2D eigenvalue weighted by molar-refractivity contribution is 0.507. The van der Waals surface area contributed by atoms with Gasteiger partial charge in [-0.15, -0.1) is 0 Å². The van der Waals surface area contributed by atoms with E-state index in [4.69, 9.17) is 4.42 Å². The first kappa shape index (κ1) is 20.1. The van der Waals surface area contributed by atoms with Crippen molar-refractivity contribution in [3.05, 3.63) is 95.6 Å². The summed E-state index contributed by atoms with van der Waals surface area (Å²) in [5, 5.41) is 0. The highest BCUT2D eigenvalue weighted by atomic mass is 32.2. The Balaban J connectivity index is 1.63. The van der Waals surface area contributed by atoms with Gasteiger partial charge in [-0.3, -0.25) is 0 Å².